The lowest BCUT2D eigenvalue weighted by atomic mass is 10.1. The van der Waals surface area contributed by atoms with Crippen molar-refractivity contribution in [1.82, 2.24) is 4.98 Å². The number of nitrogens with one attached hydrogen (secondary N) is 1. The molecule has 0 atom stereocenters. The molecule has 1 heterocycles. The van der Waals surface area contributed by atoms with Gasteiger partial charge in [0.1, 0.15) is 0 Å². The normalized spacial score (nSPS) is 10.4. The van der Waals surface area contributed by atoms with E-state index >= 15 is 0 Å². The molecule has 2 aromatic carbocycles. The van der Waals surface area contributed by atoms with Crippen LogP contribution in [-0.2, 0) is 0 Å². The second kappa shape index (κ2) is 7.71. The van der Waals surface area contributed by atoms with Crippen molar-refractivity contribution in [3.8, 4) is 6.07 Å². The Balaban J connectivity index is 1.74. The van der Waals surface area contributed by atoms with Crippen LogP contribution in [0.2, 0.25) is 0 Å². The lowest BCUT2D eigenvalue weighted by Crippen LogP contribution is -2.11. The van der Waals surface area contributed by atoms with Crippen molar-refractivity contribution in [3.63, 3.8) is 0 Å². The Morgan fingerprint density at radius 3 is 2.68 bits per heavy atom. The first kappa shape index (κ1) is 16.2. The van der Waals surface area contributed by atoms with Crippen LogP contribution in [0, 0.1) is 11.3 Å². The highest BCUT2D eigenvalue weighted by atomic mass is 16.1. The van der Waals surface area contributed by atoms with Crippen LogP contribution >= 0.6 is 0 Å². The zero-order chi connectivity index (χ0) is 17.5. The van der Waals surface area contributed by atoms with Gasteiger partial charge in [0, 0.05) is 17.4 Å². The summed E-state index contributed by atoms with van der Waals surface area (Å²) >= 11 is 0. The zero-order valence-corrected chi connectivity index (χ0v) is 13.4. The maximum Gasteiger partial charge on any atom is 0.255 e. The molecular formula is C21H15N3O. The number of amides is 1. The summed E-state index contributed by atoms with van der Waals surface area (Å²) in [5, 5.41) is 11.8. The van der Waals surface area contributed by atoms with Crippen LogP contribution in [-0.4, -0.2) is 10.9 Å². The molecule has 3 aromatic rings. The van der Waals surface area contributed by atoms with E-state index in [4.69, 9.17) is 5.26 Å². The van der Waals surface area contributed by atoms with Gasteiger partial charge in [-0.1, -0.05) is 30.3 Å². The predicted molar refractivity (Wildman–Crippen MR) is 98.7 cm³/mol. The second-order valence-corrected chi connectivity index (χ2v) is 5.36. The van der Waals surface area contributed by atoms with E-state index in [9.17, 15) is 4.79 Å². The number of rotatable bonds is 4. The van der Waals surface area contributed by atoms with Crippen LogP contribution in [0.3, 0.4) is 0 Å². The molecule has 120 valence electrons. The summed E-state index contributed by atoms with van der Waals surface area (Å²) in [5.41, 5.74) is 3.42. The molecule has 0 saturated carbocycles. The van der Waals surface area contributed by atoms with Gasteiger partial charge in [-0.2, -0.15) is 5.26 Å². The average Bonchev–Trinajstić information content (AvgIpc) is 2.67. The highest BCUT2D eigenvalue weighted by molar-refractivity contribution is 6.04. The fraction of sp³-hybridized carbons (Fsp3) is 0. The summed E-state index contributed by atoms with van der Waals surface area (Å²) in [6.07, 6.45) is 5.59. The lowest BCUT2D eigenvalue weighted by molar-refractivity contribution is 0.102. The molecule has 4 heteroatoms. The minimum Gasteiger partial charge on any atom is -0.322 e. The third-order valence-corrected chi connectivity index (χ3v) is 3.53. The Kier molecular flexibility index (Phi) is 4.98. The molecule has 1 N–H and O–H groups in total. The quantitative estimate of drug-likeness (QED) is 0.774. The minimum atomic E-state index is -0.247. The van der Waals surface area contributed by atoms with Gasteiger partial charge < -0.3 is 5.32 Å². The van der Waals surface area contributed by atoms with Gasteiger partial charge in [0.25, 0.3) is 5.91 Å². The maximum atomic E-state index is 12.3. The minimum absolute atomic E-state index is 0.247. The Morgan fingerprint density at radius 2 is 1.88 bits per heavy atom. The Bertz CT molecular complexity index is 956. The fourth-order valence-electron chi connectivity index (χ4n) is 2.31. The molecule has 0 aliphatic carbocycles. The van der Waals surface area contributed by atoms with Gasteiger partial charge in [-0.25, -0.2) is 0 Å². The third-order valence-electron chi connectivity index (χ3n) is 3.53. The smallest absolute Gasteiger partial charge is 0.255 e. The number of nitrogens with zero attached hydrogens (tertiary/aromatic N) is 2. The zero-order valence-electron chi connectivity index (χ0n) is 13.4. The van der Waals surface area contributed by atoms with Crippen molar-refractivity contribution in [2.75, 3.05) is 5.32 Å². The Morgan fingerprint density at radius 1 is 1.00 bits per heavy atom. The number of aromatic nitrogens is 1. The first-order valence-electron chi connectivity index (χ1n) is 7.75. The van der Waals surface area contributed by atoms with E-state index in [1.54, 1.807) is 30.5 Å². The molecule has 4 nitrogen and oxygen atoms in total. The van der Waals surface area contributed by atoms with Crippen LogP contribution in [0.4, 0.5) is 5.69 Å². The maximum absolute atomic E-state index is 12.3. The van der Waals surface area contributed by atoms with Crippen LogP contribution in [0.1, 0.15) is 27.2 Å². The van der Waals surface area contributed by atoms with Gasteiger partial charge in [-0.3, -0.25) is 9.78 Å². The topological polar surface area (TPSA) is 65.8 Å². The van der Waals surface area contributed by atoms with Crippen LogP contribution in [0.15, 0.2) is 72.9 Å². The highest BCUT2D eigenvalue weighted by Gasteiger charge is 2.06. The fourth-order valence-corrected chi connectivity index (χ4v) is 2.31. The van der Waals surface area contributed by atoms with E-state index in [2.05, 4.69) is 10.3 Å². The Hall–Kier alpha value is -3.71. The highest BCUT2D eigenvalue weighted by Crippen LogP contribution is 2.15. The van der Waals surface area contributed by atoms with Gasteiger partial charge in [-0.05, 0) is 54.1 Å². The van der Waals surface area contributed by atoms with Crippen LogP contribution < -0.4 is 5.32 Å². The third kappa shape index (κ3) is 4.40. The molecule has 0 bridgehead atoms. The van der Waals surface area contributed by atoms with E-state index < -0.39 is 0 Å². The predicted octanol–water partition coefficient (Wildman–Crippen LogP) is 4.38. The molecule has 3 rings (SSSR count). The average molecular weight is 325 g/mol. The molecule has 0 aliphatic rings. The van der Waals surface area contributed by atoms with Gasteiger partial charge >= 0.3 is 0 Å². The molecule has 25 heavy (non-hydrogen) atoms. The van der Waals surface area contributed by atoms with Crippen LogP contribution in [0.25, 0.3) is 12.2 Å². The van der Waals surface area contributed by atoms with E-state index in [0.717, 1.165) is 11.3 Å². The molecular weight excluding hydrogens is 310 g/mol. The number of carbonyl (C=O) groups is 1. The first-order valence-corrected chi connectivity index (χ1v) is 7.75. The summed E-state index contributed by atoms with van der Waals surface area (Å²) in [7, 11) is 0. The number of hydrogen-bond donors (Lipinski definition) is 1. The number of pyridine rings is 1. The summed E-state index contributed by atoms with van der Waals surface area (Å²) in [5.74, 6) is -0.247. The molecule has 0 unspecified atom stereocenters. The van der Waals surface area contributed by atoms with Crippen molar-refractivity contribution in [2.24, 2.45) is 0 Å². The molecule has 0 spiro atoms. The monoisotopic (exact) mass is 325 g/mol. The summed E-state index contributed by atoms with van der Waals surface area (Å²) in [6, 6.07) is 21.9. The van der Waals surface area contributed by atoms with Crippen molar-refractivity contribution < 1.29 is 4.79 Å². The van der Waals surface area contributed by atoms with Crippen molar-refractivity contribution in [3.05, 3.63) is 95.3 Å². The SMILES string of the molecule is N#Cc1cccc(C(=O)Nc2cccc(C=Cc3ccccn3)c2)c1. The standard InChI is InChI=1S/C21H15N3O/c22-15-17-6-3-7-18(13-17)21(25)24-20-9-4-5-16(14-20)10-11-19-8-1-2-12-23-19/h1-14H,(H,24,25). The summed E-state index contributed by atoms with van der Waals surface area (Å²) in [6.45, 7) is 0. The number of carbonyl (C=O) groups excluding carboxylic acids is 1. The molecule has 0 fully saturated rings. The van der Waals surface area contributed by atoms with Crippen molar-refractivity contribution >= 4 is 23.7 Å². The van der Waals surface area contributed by atoms with Gasteiger partial charge in [0.05, 0.1) is 17.3 Å². The van der Waals surface area contributed by atoms with Crippen LogP contribution in [0.5, 0.6) is 0 Å². The summed E-state index contributed by atoms with van der Waals surface area (Å²) < 4.78 is 0. The van der Waals surface area contributed by atoms with Crippen molar-refractivity contribution in [2.45, 2.75) is 0 Å². The van der Waals surface area contributed by atoms with E-state index in [0.29, 0.717) is 16.8 Å². The van der Waals surface area contributed by atoms with E-state index in [-0.39, 0.29) is 5.91 Å². The largest absolute Gasteiger partial charge is 0.322 e. The number of anilines is 1. The molecule has 1 amide bonds. The molecule has 1 aromatic heterocycles. The van der Waals surface area contributed by atoms with Gasteiger partial charge in [0.2, 0.25) is 0 Å². The van der Waals surface area contributed by atoms with Crippen molar-refractivity contribution in [1.29, 1.82) is 5.26 Å². The summed E-state index contributed by atoms with van der Waals surface area (Å²) in [4.78, 5) is 16.6. The van der Waals surface area contributed by atoms with Gasteiger partial charge in [-0.15, -0.1) is 0 Å². The molecule has 0 saturated heterocycles. The number of nitriles is 1. The lowest BCUT2D eigenvalue weighted by Gasteiger charge is -2.06. The molecule has 0 radical (unpaired) electrons. The number of benzene rings is 2. The van der Waals surface area contributed by atoms with E-state index in [1.165, 1.54) is 0 Å². The van der Waals surface area contributed by atoms with E-state index in [1.807, 2.05) is 60.7 Å². The molecule has 0 aliphatic heterocycles. The Labute approximate surface area is 146 Å². The van der Waals surface area contributed by atoms with Gasteiger partial charge in [0.15, 0.2) is 0 Å². The second-order valence-electron chi connectivity index (χ2n) is 5.36. The number of hydrogen-bond acceptors (Lipinski definition) is 3. The first-order chi connectivity index (χ1) is 12.2.